The van der Waals surface area contributed by atoms with Crippen molar-refractivity contribution < 1.29 is 17.4 Å². The molecule has 1 atom stereocenters. The fourth-order valence-electron chi connectivity index (χ4n) is 2.11. The van der Waals surface area contributed by atoms with Crippen molar-refractivity contribution in [1.29, 1.82) is 0 Å². The number of rotatable bonds is 6. The van der Waals surface area contributed by atoms with Gasteiger partial charge < -0.3 is 9.92 Å². The molecule has 0 fully saturated rings. The van der Waals surface area contributed by atoms with Gasteiger partial charge in [0.15, 0.2) is 0 Å². The summed E-state index contributed by atoms with van der Waals surface area (Å²) < 4.78 is 28.6. The Morgan fingerprint density at radius 2 is 1.70 bits per heavy atom. The molecule has 2 rings (SSSR count). The summed E-state index contributed by atoms with van der Waals surface area (Å²) in [4.78, 5) is 11.8. The van der Waals surface area contributed by atoms with Crippen molar-refractivity contribution in [1.82, 2.24) is 0 Å². The molecule has 2 aromatic carbocycles. The summed E-state index contributed by atoms with van der Waals surface area (Å²) in [5, 5.41) is 0. The van der Waals surface area contributed by atoms with Crippen molar-refractivity contribution in [3.8, 4) is 0 Å². The van der Waals surface area contributed by atoms with Crippen molar-refractivity contribution >= 4 is 16.1 Å². The molecule has 0 unspecified atom stereocenters. The monoisotopic (exact) mass is 333 g/mol. The molecule has 0 saturated heterocycles. The van der Waals surface area contributed by atoms with E-state index in [4.69, 9.17) is 5.73 Å². The van der Waals surface area contributed by atoms with Gasteiger partial charge in [-0.3, -0.25) is 4.79 Å². The van der Waals surface area contributed by atoms with Gasteiger partial charge in [0.2, 0.25) is 0 Å². The molecule has 23 heavy (non-hydrogen) atoms. The lowest BCUT2D eigenvalue weighted by molar-refractivity contribution is -0.134. The first-order chi connectivity index (χ1) is 10.9. The Balaban J connectivity index is 1.94. The van der Waals surface area contributed by atoms with E-state index in [1.807, 2.05) is 37.3 Å². The Labute approximate surface area is 136 Å². The lowest BCUT2D eigenvalue weighted by Gasteiger charge is -2.11. The summed E-state index contributed by atoms with van der Waals surface area (Å²) in [7, 11) is -4.10. The van der Waals surface area contributed by atoms with Gasteiger partial charge in [-0.05, 0) is 31.0 Å². The molecule has 2 N–H and O–H groups in total. The normalized spacial score (nSPS) is 12.6. The summed E-state index contributed by atoms with van der Waals surface area (Å²) in [6.07, 6.45) is 0.306. The highest BCUT2D eigenvalue weighted by atomic mass is 32.2. The molecule has 0 aromatic heterocycles. The van der Waals surface area contributed by atoms with Crippen molar-refractivity contribution in [2.24, 2.45) is 5.73 Å². The van der Waals surface area contributed by atoms with Crippen LogP contribution in [0, 0.1) is 6.92 Å². The number of carbonyl (C=O) groups excluding carboxylic acids is 1. The number of benzene rings is 2. The quantitative estimate of drug-likeness (QED) is 0.819. The summed E-state index contributed by atoms with van der Waals surface area (Å²) in [5.41, 5.74) is 7.79. The second-order valence-electron chi connectivity index (χ2n) is 5.38. The molecule has 122 valence electrons. The smallest absolute Gasteiger partial charge is 0.341 e. The maximum absolute atomic E-state index is 12.0. The van der Waals surface area contributed by atoms with Crippen LogP contribution in [0.3, 0.4) is 0 Å². The van der Waals surface area contributed by atoms with Crippen LogP contribution in [0.5, 0.6) is 0 Å². The molecule has 0 aliphatic rings. The Morgan fingerprint density at radius 1 is 1.09 bits per heavy atom. The predicted octanol–water partition coefficient (Wildman–Crippen LogP) is 2.19. The van der Waals surface area contributed by atoms with Crippen LogP contribution in [0.25, 0.3) is 0 Å². The Morgan fingerprint density at radius 3 is 2.30 bits per heavy atom. The molecule has 2 aromatic rings. The van der Waals surface area contributed by atoms with Crippen molar-refractivity contribution in [3.63, 3.8) is 0 Å². The molecule has 0 aliphatic carbocycles. The third-order valence-electron chi connectivity index (χ3n) is 3.28. The van der Waals surface area contributed by atoms with E-state index < -0.39 is 22.1 Å². The van der Waals surface area contributed by atoms with Crippen LogP contribution in [0.2, 0.25) is 0 Å². The van der Waals surface area contributed by atoms with Gasteiger partial charge in [0.1, 0.15) is 4.90 Å². The maximum atomic E-state index is 12.0. The lowest BCUT2D eigenvalue weighted by atomic mass is 10.0. The summed E-state index contributed by atoms with van der Waals surface area (Å²) in [6, 6.07) is 15.0. The third kappa shape index (κ3) is 5.19. The Kier molecular flexibility index (Phi) is 5.52. The largest absolute Gasteiger partial charge is 0.342 e. The average Bonchev–Trinajstić information content (AvgIpc) is 2.47. The highest BCUT2D eigenvalue weighted by Crippen LogP contribution is 2.14. The molecule has 0 amide bonds. The van der Waals surface area contributed by atoms with Gasteiger partial charge in [-0.15, -0.1) is 0 Å². The van der Waals surface area contributed by atoms with E-state index in [-0.39, 0.29) is 11.3 Å². The molecule has 0 aliphatic heterocycles. The summed E-state index contributed by atoms with van der Waals surface area (Å²) >= 11 is 0. The minimum atomic E-state index is -4.10. The molecular formula is C17H19NO4S. The van der Waals surface area contributed by atoms with Crippen LogP contribution in [-0.4, -0.2) is 20.4 Å². The topological polar surface area (TPSA) is 86.5 Å². The SMILES string of the molecule is Cc1ccc(S(=O)(=O)OC(=O)C[C@H](N)Cc2ccccc2)cc1. The molecule has 0 bridgehead atoms. The van der Waals surface area contributed by atoms with Crippen LogP contribution in [0.1, 0.15) is 17.5 Å². The standard InChI is InChI=1S/C17H19NO4S/c1-13-7-9-16(10-8-13)23(20,21)22-17(19)12-15(18)11-14-5-3-2-4-6-14/h2-10,15H,11-12,18H2,1H3/t15-/m1/s1. The Hall–Kier alpha value is -2.18. The van der Waals surface area contributed by atoms with E-state index in [1.165, 1.54) is 12.1 Å². The second kappa shape index (κ2) is 7.39. The van der Waals surface area contributed by atoms with Crippen molar-refractivity contribution in [3.05, 3.63) is 65.7 Å². The van der Waals surface area contributed by atoms with E-state index in [0.29, 0.717) is 6.42 Å². The number of aryl methyl sites for hydroxylation is 1. The first-order valence-electron chi connectivity index (χ1n) is 7.20. The Bertz CT molecular complexity index is 755. The predicted molar refractivity (Wildman–Crippen MR) is 87.2 cm³/mol. The molecule has 0 saturated carbocycles. The summed E-state index contributed by atoms with van der Waals surface area (Å²) in [6.45, 7) is 1.84. The van der Waals surface area contributed by atoms with Gasteiger partial charge in [0, 0.05) is 6.04 Å². The molecule has 0 radical (unpaired) electrons. The fraction of sp³-hybridized carbons (Fsp3) is 0.235. The summed E-state index contributed by atoms with van der Waals surface area (Å²) in [5.74, 6) is -0.853. The van der Waals surface area contributed by atoms with Gasteiger partial charge in [0.05, 0.1) is 6.42 Å². The van der Waals surface area contributed by atoms with Crippen molar-refractivity contribution in [2.75, 3.05) is 0 Å². The van der Waals surface area contributed by atoms with Gasteiger partial charge in [-0.1, -0.05) is 48.0 Å². The molecule has 0 heterocycles. The average molecular weight is 333 g/mol. The van der Waals surface area contributed by atoms with Gasteiger partial charge in [-0.2, -0.15) is 8.42 Å². The lowest BCUT2D eigenvalue weighted by Crippen LogP contribution is -2.28. The molecular weight excluding hydrogens is 314 g/mol. The van der Waals surface area contributed by atoms with Crippen LogP contribution in [-0.2, 0) is 25.5 Å². The molecule has 6 heteroatoms. The first kappa shape index (κ1) is 17.2. The van der Waals surface area contributed by atoms with Crippen LogP contribution >= 0.6 is 0 Å². The second-order valence-corrected chi connectivity index (χ2v) is 6.92. The van der Waals surface area contributed by atoms with E-state index in [1.54, 1.807) is 12.1 Å². The number of nitrogens with two attached hydrogens (primary N) is 1. The first-order valence-corrected chi connectivity index (χ1v) is 8.61. The molecule has 0 spiro atoms. The van der Waals surface area contributed by atoms with Crippen LogP contribution in [0.15, 0.2) is 59.5 Å². The minimum absolute atomic E-state index is 0.0481. The highest BCUT2D eigenvalue weighted by Gasteiger charge is 2.21. The van der Waals surface area contributed by atoms with Crippen molar-refractivity contribution in [2.45, 2.75) is 30.7 Å². The van der Waals surface area contributed by atoms with E-state index in [2.05, 4.69) is 4.18 Å². The van der Waals surface area contributed by atoms with E-state index >= 15 is 0 Å². The van der Waals surface area contributed by atoms with Gasteiger partial charge in [-0.25, -0.2) is 0 Å². The minimum Gasteiger partial charge on any atom is -0.342 e. The number of hydrogen-bond donors (Lipinski definition) is 1. The zero-order chi connectivity index (χ0) is 16.9. The number of hydrogen-bond acceptors (Lipinski definition) is 5. The van der Waals surface area contributed by atoms with Crippen LogP contribution in [0.4, 0.5) is 0 Å². The zero-order valence-corrected chi connectivity index (χ0v) is 13.6. The van der Waals surface area contributed by atoms with E-state index in [0.717, 1.165) is 11.1 Å². The molecule has 5 nitrogen and oxygen atoms in total. The van der Waals surface area contributed by atoms with Crippen LogP contribution < -0.4 is 5.73 Å². The van der Waals surface area contributed by atoms with Gasteiger partial charge >= 0.3 is 16.1 Å². The van der Waals surface area contributed by atoms with Gasteiger partial charge in [0.25, 0.3) is 0 Å². The number of carbonyl (C=O) groups is 1. The fourth-order valence-corrected chi connectivity index (χ4v) is 2.99. The maximum Gasteiger partial charge on any atom is 0.341 e. The highest BCUT2D eigenvalue weighted by molar-refractivity contribution is 7.87. The zero-order valence-electron chi connectivity index (χ0n) is 12.8. The van der Waals surface area contributed by atoms with E-state index in [9.17, 15) is 13.2 Å². The third-order valence-corrected chi connectivity index (χ3v) is 4.54.